The second-order valence-corrected chi connectivity index (χ2v) is 4.19. The maximum Gasteiger partial charge on any atom is 0.339 e. The van der Waals surface area contributed by atoms with Crippen molar-refractivity contribution in [3.05, 3.63) is 35.4 Å². The smallest absolute Gasteiger partial charge is 0.339 e. The molecule has 0 fully saturated rings. The van der Waals surface area contributed by atoms with E-state index in [4.69, 9.17) is 5.11 Å². The topological polar surface area (TPSA) is 88.9 Å². The normalized spacial score (nSPS) is 10.4. The molecule has 0 amide bonds. The van der Waals surface area contributed by atoms with E-state index in [1.54, 1.807) is 12.4 Å². The molecule has 0 atom stereocenters. The standard InChI is InChI=1S/C13H14N4O2/c1-3-4-10-9(13(18)19)7-16-12(17-10)11-14-5-8(2)6-15-11/h5-7H,3-4H2,1-2H3,(H,18,19). The van der Waals surface area contributed by atoms with Gasteiger partial charge >= 0.3 is 5.97 Å². The van der Waals surface area contributed by atoms with Gasteiger partial charge in [0.25, 0.3) is 0 Å². The molecule has 98 valence electrons. The number of carboxylic acid groups (broad SMARTS) is 1. The van der Waals surface area contributed by atoms with Gasteiger partial charge in [-0.1, -0.05) is 13.3 Å². The summed E-state index contributed by atoms with van der Waals surface area (Å²) in [6, 6.07) is 0. The molecule has 6 nitrogen and oxygen atoms in total. The molecule has 2 aromatic rings. The number of rotatable bonds is 4. The van der Waals surface area contributed by atoms with Gasteiger partial charge in [0.15, 0.2) is 11.6 Å². The van der Waals surface area contributed by atoms with Crippen LogP contribution in [0.15, 0.2) is 18.6 Å². The van der Waals surface area contributed by atoms with Crippen molar-refractivity contribution in [3.8, 4) is 11.6 Å². The van der Waals surface area contributed by atoms with Gasteiger partial charge in [-0.05, 0) is 18.9 Å². The van der Waals surface area contributed by atoms with E-state index in [2.05, 4.69) is 19.9 Å². The van der Waals surface area contributed by atoms with Crippen molar-refractivity contribution in [2.24, 2.45) is 0 Å². The minimum absolute atomic E-state index is 0.137. The zero-order valence-corrected chi connectivity index (χ0v) is 10.8. The van der Waals surface area contributed by atoms with E-state index in [9.17, 15) is 4.79 Å². The van der Waals surface area contributed by atoms with Crippen LogP contribution in [0, 0.1) is 6.92 Å². The lowest BCUT2D eigenvalue weighted by Crippen LogP contribution is -2.08. The number of carboxylic acids is 1. The fourth-order valence-electron chi connectivity index (χ4n) is 1.64. The number of hydrogen-bond donors (Lipinski definition) is 1. The quantitative estimate of drug-likeness (QED) is 0.900. The molecule has 0 aliphatic rings. The molecule has 2 aromatic heterocycles. The van der Waals surface area contributed by atoms with Crippen LogP contribution in [0.2, 0.25) is 0 Å². The average Bonchev–Trinajstić information content (AvgIpc) is 2.39. The van der Waals surface area contributed by atoms with Crippen molar-refractivity contribution < 1.29 is 9.90 Å². The Bertz CT molecular complexity index is 596. The van der Waals surface area contributed by atoms with Gasteiger partial charge in [0.1, 0.15) is 0 Å². The number of carbonyl (C=O) groups is 1. The molecule has 0 radical (unpaired) electrons. The summed E-state index contributed by atoms with van der Waals surface area (Å²) in [4.78, 5) is 27.7. The summed E-state index contributed by atoms with van der Waals surface area (Å²) in [5, 5.41) is 9.08. The Morgan fingerprint density at radius 2 is 1.79 bits per heavy atom. The molecule has 6 heteroatoms. The summed E-state index contributed by atoms with van der Waals surface area (Å²) in [7, 11) is 0. The lowest BCUT2D eigenvalue weighted by atomic mass is 10.1. The van der Waals surface area contributed by atoms with Crippen LogP contribution in [-0.2, 0) is 6.42 Å². The van der Waals surface area contributed by atoms with E-state index in [0.29, 0.717) is 23.8 Å². The molecule has 0 bridgehead atoms. The third-order valence-corrected chi connectivity index (χ3v) is 2.57. The summed E-state index contributed by atoms with van der Waals surface area (Å²) < 4.78 is 0. The van der Waals surface area contributed by atoms with Crippen molar-refractivity contribution in [3.63, 3.8) is 0 Å². The molecule has 0 aliphatic heterocycles. The van der Waals surface area contributed by atoms with Crippen LogP contribution in [0.3, 0.4) is 0 Å². The lowest BCUT2D eigenvalue weighted by Gasteiger charge is -2.05. The number of nitrogens with zero attached hydrogens (tertiary/aromatic N) is 4. The summed E-state index contributed by atoms with van der Waals surface area (Å²) in [5.74, 6) is -0.256. The Kier molecular flexibility index (Phi) is 3.79. The highest BCUT2D eigenvalue weighted by atomic mass is 16.4. The molecule has 1 N–H and O–H groups in total. The van der Waals surface area contributed by atoms with Gasteiger partial charge in [0, 0.05) is 18.6 Å². The zero-order chi connectivity index (χ0) is 13.8. The number of aromatic carboxylic acids is 1. The van der Waals surface area contributed by atoms with Gasteiger partial charge in [0.2, 0.25) is 0 Å². The van der Waals surface area contributed by atoms with Crippen molar-refractivity contribution in [1.82, 2.24) is 19.9 Å². The minimum atomic E-state index is -1.01. The predicted octanol–water partition coefficient (Wildman–Crippen LogP) is 1.89. The molecular formula is C13H14N4O2. The molecule has 0 spiro atoms. The third kappa shape index (κ3) is 2.90. The van der Waals surface area contributed by atoms with Gasteiger partial charge in [-0.2, -0.15) is 0 Å². The van der Waals surface area contributed by atoms with E-state index >= 15 is 0 Å². The van der Waals surface area contributed by atoms with Crippen LogP contribution in [0.25, 0.3) is 11.6 Å². The first kappa shape index (κ1) is 13.1. The highest BCUT2D eigenvalue weighted by Crippen LogP contribution is 2.14. The highest BCUT2D eigenvalue weighted by molar-refractivity contribution is 5.88. The van der Waals surface area contributed by atoms with Crippen LogP contribution < -0.4 is 0 Å². The number of hydrogen-bond acceptors (Lipinski definition) is 5. The minimum Gasteiger partial charge on any atom is -0.478 e. The Balaban J connectivity index is 2.45. The summed E-state index contributed by atoms with van der Waals surface area (Å²) in [6.07, 6.45) is 6.07. The molecule has 0 saturated heterocycles. The second-order valence-electron chi connectivity index (χ2n) is 4.19. The van der Waals surface area contributed by atoms with Gasteiger partial charge in [0.05, 0.1) is 11.3 Å². The molecule has 0 aliphatic carbocycles. The first-order chi connectivity index (χ1) is 9.11. The summed E-state index contributed by atoms with van der Waals surface area (Å²) >= 11 is 0. The van der Waals surface area contributed by atoms with Crippen LogP contribution >= 0.6 is 0 Å². The Hall–Kier alpha value is -2.37. The monoisotopic (exact) mass is 258 g/mol. The van der Waals surface area contributed by atoms with Crippen LogP contribution in [0.4, 0.5) is 0 Å². The van der Waals surface area contributed by atoms with Crippen molar-refractivity contribution >= 4 is 5.97 Å². The maximum absolute atomic E-state index is 11.1. The average molecular weight is 258 g/mol. The van der Waals surface area contributed by atoms with Crippen molar-refractivity contribution in [2.75, 3.05) is 0 Å². The largest absolute Gasteiger partial charge is 0.478 e. The fraction of sp³-hybridized carbons (Fsp3) is 0.308. The Morgan fingerprint density at radius 3 is 2.37 bits per heavy atom. The highest BCUT2D eigenvalue weighted by Gasteiger charge is 2.14. The predicted molar refractivity (Wildman–Crippen MR) is 68.7 cm³/mol. The van der Waals surface area contributed by atoms with Crippen LogP contribution in [0.1, 0.15) is 35.0 Å². The van der Waals surface area contributed by atoms with E-state index in [0.717, 1.165) is 12.0 Å². The lowest BCUT2D eigenvalue weighted by molar-refractivity contribution is 0.0694. The van der Waals surface area contributed by atoms with Crippen molar-refractivity contribution in [2.45, 2.75) is 26.7 Å². The Morgan fingerprint density at radius 1 is 1.16 bits per heavy atom. The molecule has 0 aromatic carbocycles. The maximum atomic E-state index is 11.1. The first-order valence-corrected chi connectivity index (χ1v) is 6.00. The van der Waals surface area contributed by atoms with Crippen LogP contribution in [-0.4, -0.2) is 31.0 Å². The fourth-order valence-corrected chi connectivity index (χ4v) is 1.64. The molecule has 19 heavy (non-hydrogen) atoms. The van der Waals surface area contributed by atoms with Crippen molar-refractivity contribution in [1.29, 1.82) is 0 Å². The summed E-state index contributed by atoms with van der Waals surface area (Å²) in [6.45, 7) is 3.86. The van der Waals surface area contributed by atoms with E-state index < -0.39 is 5.97 Å². The molecule has 2 rings (SSSR count). The number of aryl methyl sites for hydroxylation is 2. The van der Waals surface area contributed by atoms with Gasteiger partial charge < -0.3 is 5.11 Å². The molecule has 2 heterocycles. The summed E-state index contributed by atoms with van der Waals surface area (Å²) in [5.41, 5.74) is 1.60. The van der Waals surface area contributed by atoms with Gasteiger partial charge in [-0.15, -0.1) is 0 Å². The van der Waals surface area contributed by atoms with E-state index in [1.165, 1.54) is 6.20 Å². The molecule has 0 saturated carbocycles. The van der Waals surface area contributed by atoms with E-state index in [-0.39, 0.29) is 5.56 Å². The zero-order valence-electron chi connectivity index (χ0n) is 10.8. The Labute approximate surface area is 110 Å². The number of aromatic nitrogens is 4. The molecular weight excluding hydrogens is 244 g/mol. The third-order valence-electron chi connectivity index (χ3n) is 2.57. The second kappa shape index (κ2) is 5.51. The molecule has 0 unspecified atom stereocenters. The SMILES string of the molecule is CCCc1nc(-c2ncc(C)cn2)ncc1C(=O)O. The van der Waals surface area contributed by atoms with Gasteiger partial charge in [-0.25, -0.2) is 24.7 Å². The van der Waals surface area contributed by atoms with E-state index in [1.807, 2.05) is 13.8 Å². The van der Waals surface area contributed by atoms with Crippen LogP contribution in [0.5, 0.6) is 0 Å². The van der Waals surface area contributed by atoms with Gasteiger partial charge in [-0.3, -0.25) is 0 Å². The first-order valence-electron chi connectivity index (χ1n) is 6.00.